The van der Waals surface area contributed by atoms with E-state index in [4.69, 9.17) is 5.11 Å². The number of nitrogens with zero attached hydrogens (tertiary/aromatic N) is 1. The molecule has 1 aromatic heterocycles. The van der Waals surface area contributed by atoms with Crippen molar-refractivity contribution in [3.63, 3.8) is 0 Å². The zero-order valence-corrected chi connectivity index (χ0v) is 10.6. The standard InChI is InChI=1S/C13H10FNO3S/c14-9-3-5-10(6-4-9)15(8-12(16)17)13(18)11-2-1-7-19-11/h1-7H,8H2,(H,16,17). The van der Waals surface area contributed by atoms with Crippen LogP contribution in [0.4, 0.5) is 10.1 Å². The molecular formula is C13H10FNO3S. The van der Waals surface area contributed by atoms with Crippen LogP contribution in [0.1, 0.15) is 9.67 Å². The number of halogens is 1. The van der Waals surface area contributed by atoms with Crippen LogP contribution in [0.5, 0.6) is 0 Å². The average molecular weight is 279 g/mol. The second kappa shape index (κ2) is 5.62. The fourth-order valence-electron chi connectivity index (χ4n) is 1.57. The van der Waals surface area contributed by atoms with Gasteiger partial charge in [0.2, 0.25) is 0 Å². The summed E-state index contributed by atoms with van der Waals surface area (Å²) in [5.74, 6) is -1.99. The summed E-state index contributed by atoms with van der Waals surface area (Å²) in [6.07, 6.45) is 0. The summed E-state index contributed by atoms with van der Waals surface area (Å²) in [5.41, 5.74) is 0.349. The Kier molecular flexibility index (Phi) is 3.91. The molecule has 19 heavy (non-hydrogen) atoms. The monoisotopic (exact) mass is 279 g/mol. The molecule has 1 amide bonds. The predicted molar refractivity (Wildman–Crippen MR) is 70.0 cm³/mol. The molecule has 0 fully saturated rings. The van der Waals surface area contributed by atoms with Crippen LogP contribution in [-0.2, 0) is 4.79 Å². The topological polar surface area (TPSA) is 57.6 Å². The van der Waals surface area contributed by atoms with Crippen molar-refractivity contribution in [1.29, 1.82) is 0 Å². The number of carbonyl (C=O) groups is 2. The van der Waals surface area contributed by atoms with E-state index in [2.05, 4.69) is 0 Å². The first kappa shape index (κ1) is 13.2. The molecule has 1 N–H and O–H groups in total. The van der Waals surface area contributed by atoms with Gasteiger partial charge in [-0.05, 0) is 35.7 Å². The van der Waals surface area contributed by atoms with Gasteiger partial charge >= 0.3 is 5.97 Å². The van der Waals surface area contributed by atoms with Crippen LogP contribution >= 0.6 is 11.3 Å². The molecule has 2 aromatic rings. The average Bonchev–Trinajstić information content (AvgIpc) is 2.90. The number of benzene rings is 1. The SMILES string of the molecule is O=C(O)CN(C(=O)c1cccs1)c1ccc(F)cc1. The zero-order valence-electron chi connectivity index (χ0n) is 9.75. The van der Waals surface area contributed by atoms with Gasteiger partial charge in [0.05, 0.1) is 4.88 Å². The third kappa shape index (κ3) is 3.17. The molecule has 0 radical (unpaired) electrons. The van der Waals surface area contributed by atoms with Gasteiger partial charge < -0.3 is 5.11 Å². The Bertz CT molecular complexity index is 580. The second-order valence-electron chi connectivity index (χ2n) is 3.74. The van der Waals surface area contributed by atoms with Crippen molar-refractivity contribution in [2.75, 3.05) is 11.4 Å². The van der Waals surface area contributed by atoms with Gasteiger partial charge in [0.25, 0.3) is 5.91 Å². The number of aliphatic carboxylic acids is 1. The van der Waals surface area contributed by atoms with E-state index in [1.54, 1.807) is 17.5 Å². The molecule has 0 aliphatic rings. The number of hydrogen-bond donors (Lipinski definition) is 1. The smallest absolute Gasteiger partial charge is 0.323 e. The van der Waals surface area contributed by atoms with E-state index in [1.807, 2.05) is 0 Å². The molecular weight excluding hydrogens is 269 g/mol. The van der Waals surface area contributed by atoms with Crippen LogP contribution in [0, 0.1) is 5.82 Å². The maximum absolute atomic E-state index is 12.9. The minimum Gasteiger partial charge on any atom is -0.480 e. The van der Waals surface area contributed by atoms with E-state index in [9.17, 15) is 14.0 Å². The first-order valence-electron chi connectivity index (χ1n) is 5.40. The van der Waals surface area contributed by atoms with Gasteiger partial charge in [-0.15, -0.1) is 11.3 Å². The van der Waals surface area contributed by atoms with E-state index >= 15 is 0 Å². The molecule has 4 nitrogen and oxygen atoms in total. The lowest BCUT2D eigenvalue weighted by atomic mass is 10.2. The molecule has 0 unspecified atom stereocenters. The molecule has 0 bridgehead atoms. The quantitative estimate of drug-likeness (QED) is 0.936. The molecule has 98 valence electrons. The summed E-state index contributed by atoms with van der Waals surface area (Å²) in [5, 5.41) is 10.6. The highest BCUT2D eigenvalue weighted by Gasteiger charge is 2.21. The summed E-state index contributed by atoms with van der Waals surface area (Å²) in [4.78, 5) is 24.6. The lowest BCUT2D eigenvalue weighted by Gasteiger charge is -2.20. The zero-order chi connectivity index (χ0) is 13.8. The predicted octanol–water partition coefficient (Wildman–Crippen LogP) is 2.62. The van der Waals surface area contributed by atoms with Gasteiger partial charge in [-0.25, -0.2) is 4.39 Å². The van der Waals surface area contributed by atoms with Crippen molar-refractivity contribution in [3.8, 4) is 0 Å². The third-order valence-corrected chi connectivity index (χ3v) is 3.27. The van der Waals surface area contributed by atoms with E-state index < -0.39 is 24.2 Å². The Morgan fingerprint density at radius 3 is 2.42 bits per heavy atom. The van der Waals surface area contributed by atoms with Gasteiger partial charge in [-0.2, -0.15) is 0 Å². The van der Waals surface area contributed by atoms with Crippen LogP contribution in [0.3, 0.4) is 0 Å². The Labute approximate surface area is 112 Å². The van der Waals surface area contributed by atoms with Crippen LogP contribution in [0.15, 0.2) is 41.8 Å². The number of amides is 1. The van der Waals surface area contributed by atoms with Crippen molar-refractivity contribution in [2.45, 2.75) is 0 Å². The fourth-order valence-corrected chi connectivity index (χ4v) is 2.24. The molecule has 0 aliphatic heterocycles. The Morgan fingerprint density at radius 1 is 1.21 bits per heavy atom. The molecule has 1 aromatic carbocycles. The molecule has 0 aliphatic carbocycles. The molecule has 0 spiro atoms. The van der Waals surface area contributed by atoms with Crippen LogP contribution in [-0.4, -0.2) is 23.5 Å². The molecule has 2 rings (SSSR count). The van der Waals surface area contributed by atoms with Crippen molar-refractivity contribution < 1.29 is 19.1 Å². The van der Waals surface area contributed by atoms with Crippen molar-refractivity contribution in [3.05, 3.63) is 52.5 Å². The van der Waals surface area contributed by atoms with Crippen molar-refractivity contribution in [1.82, 2.24) is 0 Å². The maximum Gasteiger partial charge on any atom is 0.323 e. The van der Waals surface area contributed by atoms with Crippen LogP contribution in [0.25, 0.3) is 0 Å². The largest absolute Gasteiger partial charge is 0.480 e. The van der Waals surface area contributed by atoms with E-state index in [-0.39, 0.29) is 0 Å². The van der Waals surface area contributed by atoms with Gasteiger partial charge in [-0.3, -0.25) is 14.5 Å². The number of anilines is 1. The molecule has 6 heteroatoms. The second-order valence-corrected chi connectivity index (χ2v) is 4.69. The minimum atomic E-state index is -1.13. The highest BCUT2D eigenvalue weighted by molar-refractivity contribution is 7.12. The summed E-state index contributed by atoms with van der Waals surface area (Å²) in [6, 6.07) is 8.46. The van der Waals surface area contributed by atoms with Gasteiger partial charge in [0.15, 0.2) is 0 Å². The molecule has 0 saturated carbocycles. The number of carbonyl (C=O) groups excluding carboxylic acids is 1. The summed E-state index contributed by atoms with van der Waals surface area (Å²) < 4.78 is 12.9. The lowest BCUT2D eigenvalue weighted by Crippen LogP contribution is -2.35. The first-order valence-corrected chi connectivity index (χ1v) is 6.28. The Morgan fingerprint density at radius 2 is 1.89 bits per heavy atom. The maximum atomic E-state index is 12.9. The minimum absolute atomic E-state index is 0.349. The molecule has 0 atom stereocenters. The van der Waals surface area contributed by atoms with Gasteiger partial charge in [-0.1, -0.05) is 6.07 Å². The van der Waals surface area contributed by atoms with Crippen molar-refractivity contribution >= 4 is 28.9 Å². The number of thiophene rings is 1. The molecule has 0 saturated heterocycles. The number of carboxylic acid groups (broad SMARTS) is 1. The van der Waals surface area contributed by atoms with Gasteiger partial charge in [0, 0.05) is 5.69 Å². The summed E-state index contributed by atoms with van der Waals surface area (Å²) >= 11 is 1.23. The van der Waals surface area contributed by atoms with E-state index in [0.717, 1.165) is 4.90 Å². The van der Waals surface area contributed by atoms with Gasteiger partial charge in [0.1, 0.15) is 12.4 Å². The highest BCUT2D eigenvalue weighted by atomic mass is 32.1. The number of hydrogen-bond acceptors (Lipinski definition) is 3. The lowest BCUT2D eigenvalue weighted by molar-refractivity contribution is -0.135. The first-order chi connectivity index (χ1) is 9.08. The number of rotatable bonds is 4. The number of carboxylic acids is 1. The summed E-state index contributed by atoms with van der Waals surface area (Å²) in [7, 11) is 0. The van der Waals surface area contributed by atoms with Crippen LogP contribution < -0.4 is 4.90 Å². The van der Waals surface area contributed by atoms with E-state index in [1.165, 1.54) is 35.6 Å². The molecule has 1 heterocycles. The van der Waals surface area contributed by atoms with Crippen LogP contribution in [0.2, 0.25) is 0 Å². The normalized spacial score (nSPS) is 10.2. The third-order valence-electron chi connectivity index (χ3n) is 2.41. The fraction of sp³-hybridized carbons (Fsp3) is 0.0769. The van der Waals surface area contributed by atoms with E-state index in [0.29, 0.717) is 10.6 Å². The summed E-state index contributed by atoms with van der Waals surface area (Å²) in [6.45, 7) is -0.470. The Hall–Kier alpha value is -2.21. The van der Waals surface area contributed by atoms with Crippen molar-refractivity contribution in [2.24, 2.45) is 0 Å². The highest BCUT2D eigenvalue weighted by Crippen LogP contribution is 2.20. The Balaban J connectivity index is 2.33.